The molecule has 0 saturated carbocycles. The lowest BCUT2D eigenvalue weighted by molar-refractivity contribution is -0.104. The topological polar surface area (TPSA) is 17.1 Å². The van der Waals surface area contributed by atoms with Crippen molar-refractivity contribution in [2.45, 2.75) is 12.8 Å². The average molecular weight is 210 g/mol. The van der Waals surface area contributed by atoms with Crippen LogP contribution in [0.3, 0.4) is 0 Å². The van der Waals surface area contributed by atoms with Crippen LogP contribution in [0.15, 0.2) is 49.1 Å². The molecule has 16 heavy (non-hydrogen) atoms. The summed E-state index contributed by atoms with van der Waals surface area (Å²) in [6.07, 6.45) is 4.30. The van der Waals surface area contributed by atoms with Crippen LogP contribution in [0.2, 0.25) is 0 Å². The number of benzene rings is 2. The Morgan fingerprint density at radius 1 is 1.00 bits per heavy atom. The SMILES string of the molecule is C=CC=O.c1cc2c3c(cccc3c1)CC2. The molecule has 0 unspecified atom stereocenters. The Morgan fingerprint density at radius 3 is 1.94 bits per heavy atom. The van der Waals surface area contributed by atoms with Gasteiger partial charge in [0.1, 0.15) is 6.29 Å². The van der Waals surface area contributed by atoms with E-state index in [9.17, 15) is 0 Å². The molecule has 0 fully saturated rings. The summed E-state index contributed by atoms with van der Waals surface area (Å²) >= 11 is 0. The third-order valence-electron chi connectivity index (χ3n) is 2.84. The van der Waals surface area contributed by atoms with Crippen LogP contribution in [0.5, 0.6) is 0 Å². The highest BCUT2D eigenvalue weighted by atomic mass is 16.1. The molecule has 0 amide bonds. The Morgan fingerprint density at radius 2 is 1.50 bits per heavy atom. The second-order valence-electron chi connectivity index (χ2n) is 3.80. The van der Waals surface area contributed by atoms with Crippen molar-refractivity contribution in [2.24, 2.45) is 0 Å². The first-order valence-electron chi connectivity index (χ1n) is 5.42. The molecule has 0 heterocycles. The summed E-state index contributed by atoms with van der Waals surface area (Å²) in [6, 6.07) is 13.2. The number of carbonyl (C=O) groups excluding carboxylic acids is 1. The summed E-state index contributed by atoms with van der Waals surface area (Å²) in [5.74, 6) is 0. The summed E-state index contributed by atoms with van der Waals surface area (Å²) < 4.78 is 0. The van der Waals surface area contributed by atoms with Crippen LogP contribution in [0.25, 0.3) is 10.8 Å². The molecule has 0 aliphatic heterocycles. The summed E-state index contributed by atoms with van der Waals surface area (Å²) in [6.45, 7) is 3.11. The molecule has 0 spiro atoms. The highest BCUT2D eigenvalue weighted by Crippen LogP contribution is 2.29. The number of aryl methyl sites for hydroxylation is 2. The largest absolute Gasteiger partial charge is 0.299 e. The minimum Gasteiger partial charge on any atom is -0.299 e. The first-order valence-corrected chi connectivity index (χ1v) is 5.42. The van der Waals surface area contributed by atoms with Gasteiger partial charge in [-0.2, -0.15) is 0 Å². The van der Waals surface area contributed by atoms with Crippen molar-refractivity contribution in [1.82, 2.24) is 0 Å². The number of rotatable bonds is 1. The van der Waals surface area contributed by atoms with Crippen molar-refractivity contribution >= 4 is 17.1 Å². The van der Waals surface area contributed by atoms with Crippen LogP contribution >= 0.6 is 0 Å². The van der Waals surface area contributed by atoms with Gasteiger partial charge in [0, 0.05) is 0 Å². The second-order valence-corrected chi connectivity index (χ2v) is 3.80. The third kappa shape index (κ3) is 1.89. The van der Waals surface area contributed by atoms with E-state index < -0.39 is 0 Å². The zero-order chi connectivity index (χ0) is 11.4. The zero-order valence-electron chi connectivity index (χ0n) is 9.15. The number of carbonyl (C=O) groups is 1. The smallest absolute Gasteiger partial charge is 0.142 e. The Bertz CT molecular complexity index is 481. The van der Waals surface area contributed by atoms with E-state index in [4.69, 9.17) is 4.79 Å². The minimum atomic E-state index is 0.639. The zero-order valence-corrected chi connectivity index (χ0v) is 9.15. The predicted molar refractivity (Wildman–Crippen MR) is 67.6 cm³/mol. The Balaban J connectivity index is 0.000000212. The molecule has 0 atom stereocenters. The van der Waals surface area contributed by atoms with Crippen molar-refractivity contribution in [2.75, 3.05) is 0 Å². The van der Waals surface area contributed by atoms with Crippen molar-refractivity contribution in [3.63, 3.8) is 0 Å². The van der Waals surface area contributed by atoms with Gasteiger partial charge in [-0.25, -0.2) is 0 Å². The van der Waals surface area contributed by atoms with Crippen LogP contribution in [-0.4, -0.2) is 6.29 Å². The van der Waals surface area contributed by atoms with Gasteiger partial charge in [-0.15, -0.1) is 0 Å². The second kappa shape index (κ2) is 4.75. The maximum Gasteiger partial charge on any atom is 0.142 e. The number of allylic oxidation sites excluding steroid dienone is 1. The van der Waals surface area contributed by atoms with Gasteiger partial charge in [-0.1, -0.05) is 43.0 Å². The third-order valence-corrected chi connectivity index (χ3v) is 2.84. The van der Waals surface area contributed by atoms with Crippen molar-refractivity contribution in [3.8, 4) is 0 Å². The van der Waals surface area contributed by atoms with Gasteiger partial charge in [0.25, 0.3) is 0 Å². The van der Waals surface area contributed by atoms with E-state index in [-0.39, 0.29) is 0 Å². The number of hydrogen-bond donors (Lipinski definition) is 0. The van der Waals surface area contributed by atoms with Crippen molar-refractivity contribution in [3.05, 3.63) is 60.2 Å². The number of hydrogen-bond acceptors (Lipinski definition) is 1. The van der Waals surface area contributed by atoms with E-state index >= 15 is 0 Å². The molecule has 3 rings (SSSR count). The molecule has 0 radical (unpaired) electrons. The van der Waals surface area contributed by atoms with Gasteiger partial charge in [0.05, 0.1) is 0 Å². The first-order chi connectivity index (χ1) is 7.86. The number of aldehydes is 1. The first kappa shape index (κ1) is 10.6. The lowest BCUT2D eigenvalue weighted by Gasteiger charge is -1.99. The molecule has 1 aliphatic rings. The normalized spacial score (nSPS) is 11.8. The molecule has 80 valence electrons. The molecule has 1 nitrogen and oxygen atoms in total. The lowest BCUT2D eigenvalue weighted by atomic mass is 10.1. The Hall–Kier alpha value is -1.89. The van der Waals surface area contributed by atoms with Gasteiger partial charge in [0.15, 0.2) is 0 Å². The molecular weight excluding hydrogens is 196 g/mol. The fourth-order valence-corrected chi connectivity index (χ4v) is 2.19. The van der Waals surface area contributed by atoms with Crippen LogP contribution in [0.1, 0.15) is 11.1 Å². The highest BCUT2D eigenvalue weighted by molar-refractivity contribution is 5.90. The fourth-order valence-electron chi connectivity index (χ4n) is 2.19. The molecule has 0 aromatic heterocycles. The molecule has 2 aromatic carbocycles. The van der Waals surface area contributed by atoms with Gasteiger partial charge >= 0.3 is 0 Å². The summed E-state index contributed by atoms with van der Waals surface area (Å²) in [5, 5.41) is 2.92. The van der Waals surface area contributed by atoms with Crippen LogP contribution in [-0.2, 0) is 17.6 Å². The van der Waals surface area contributed by atoms with Crippen LogP contribution < -0.4 is 0 Å². The predicted octanol–water partition coefficient (Wildman–Crippen LogP) is 3.31. The van der Waals surface area contributed by atoms with Crippen molar-refractivity contribution in [1.29, 1.82) is 0 Å². The Labute approximate surface area is 95.4 Å². The monoisotopic (exact) mass is 210 g/mol. The standard InChI is InChI=1S/C12H10.C3H4O/c1-3-9-4-2-6-11-8-7-10(5-1)12(9)11;1-2-3-4/h1-6H,7-8H2;2-3H,1H2. The van der Waals surface area contributed by atoms with E-state index in [2.05, 4.69) is 43.0 Å². The van der Waals surface area contributed by atoms with Gasteiger partial charge in [-0.3, -0.25) is 4.79 Å². The van der Waals surface area contributed by atoms with E-state index in [1.165, 1.54) is 40.8 Å². The maximum atomic E-state index is 9.06. The van der Waals surface area contributed by atoms with Crippen LogP contribution in [0.4, 0.5) is 0 Å². The Kier molecular flexibility index (Phi) is 3.16. The summed E-state index contributed by atoms with van der Waals surface area (Å²) in [5.41, 5.74) is 3.06. The van der Waals surface area contributed by atoms with Crippen molar-refractivity contribution < 1.29 is 4.79 Å². The van der Waals surface area contributed by atoms with Crippen LogP contribution in [0, 0.1) is 0 Å². The summed E-state index contributed by atoms with van der Waals surface area (Å²) in [7, 11) is 0. The fraction of sp³-hybridized carbons (Fsp3) is 0.133. The molecule has 0 bridgehead atoms. The van der Waals surface area contributed by atoms with E-state index in [0.717, 1.165) is 0 Å². The molecule has 1 heteroatoms. The summed E-state index contributed by atoms with van der Waals surface area (Å²) in [4.78, 5) is 9.06. The minimum absolute atomic E-state index is 0.639. The van der Waals surface area contributed by atoms with Gasteiger partial charge < -0.3 is 0 Å². The van der Waals surface area contributed by atoms with Gasteiger partial charge in [-0.05, 0) is 40.8 Å². The maximum absolute atomic E-state index is 9.06. The lowest BCUT2D eigenvalue weighted by Crippen LogP contribution is -1.76. The van der Waals surface area contributed by atoms with E-state index in [1.54, 1.807) is 0 Å². The quantitative estimate of drug-likeness (QED) is 0.521. The average Bonchev–Trinajstić information content (AvgIpc) is 2.76. The molecule has 0 N–H and O–H groups in total. The van der Waals surface area contributed by atoms with E-state index in [1.807, 2.05) is 0 Å². The molecule has 1 aliphatic carbocycles. The highest BCUT2D eigenvalue weighted by Gasteiger charge is 2.11. The van der Waals surface area contributed by atoms with Gasteiger partial charge in [0.2, 0.25) is 0 Å². The molecule has 0 saturated heterocycles. The van der Waals surface area contributed by atoms with E-state index in [0.29, 0.717) is 6.29 Å². The molecule has 2 aromatic rings. The molecular formula is C15H14O.